The number of aromatic nitrogens is 2. The van der Waals surface area contributed by atoms with Crippen LogP contribution in [0.4, 0.5) is 0 Å². The fraction of sp³-hybridized carbons (Fsp3) is 0.571. The van der Waals surface area contributed by atoms with Gasteiger partial charge in [-0.15, -0.1) is 0 Å². The quantitative estimate of drug-likeness (QED) is 0.154. The monoisotopic (exact) mass is 566 g/mol. The fourth-order valence-electron chi connectivity index (χ4n) is 5.15. The summed E-state index contributed by atoms with van der Waals surface area (Å²) >= 11 is 12.5. The molecule has 2 aromatic rings. The number of hydrogen-bond donors (Lipinski definition) is 0. The third kappa shape index (κ3) is 5.71. The topological polar surface area (TPSA) is 96.7 Å². The van der Waals surface area contributed by atoms with E-state index in [2.05, 4.69) is 0 Å². The molecule has 1 aliphatic rings. The molecule has 0 saturated carbocycles. The largest absolute Gasteiger partial charge is 0.465 e. The van der Waals surface area contributed by atoms with Gasteiger partial charge in [-0.3, -0.25) is 14.4 Å². The summed E-state index contributed by atoms with van der Waals surface area (Å²) in [5.74, 6) is -3.01. The minimum atomic E-state index is -2.33. The van der Waals surface area contributed by atoms with Crippen LogP contribution in [0.3, 0.4) is 0 Å². The summed E-state index contributed by atoms with van der Waals surface area (Å²) in [7, 11) is 0. The van der Waals surface area contributed by atoms with E-state index in [1.54, 1.807) is 32.9 Å². The third-order valence-electron chi connectivity index (χ3n) is 6.75. The van der Waals surface area contributed by atoms with Crippen LogP contribution < -0.4 is 0 Å². The van der Waals surface area contributed by atoms with Crippen LogP contribution in [0.1, 0.15) is 88.5 Å². The standard InChI is InChI=1S/C28H36Cl2N2O6/c1-6-36-25(33)28(26(34)37-7-2,27(35)38-8-3)19-11-9-10-12-22-23(19)32(24(31-22)17(4)5)16-18-13-14-20(29)21(30)15-18/h13-15,17,19H,6-12,16H2,1-5H3. The van der Waals surface area contributed by atoms with Gasteiger partial charge in [0.25, 0.3) is 5.41 Å². The molecule has 0 aliphatic heterocycles. The highest BCUT2D eigenvalue weighted by atomic mass is 35.5. The normalized spacial score (nSPS) is 15.5. The number of imidazole rings is 1. The number of aryl methyl sites for hydroxylation is 1. The van der Waals surface area contributed by atoms with Gasteiger partial charge < -0.3 is 18.8 Å². The lowest BCUT2D eigenvalue weighted by Crippen LogP contribution is -2.54. The fourth-order valence-corrected chi connectivity index (χ4v) is 5.47. The van der Waals surface area contributed by atoms with E-state index >= 15 is 0 Å². The first-order valence-corrected chi connectivity index (χ1v) is 13.9. The van der Waals surface area contributed by atoms with Crippen LogP contribution in [0.5, 0.6) is 0 Å². The summed E-state index contributed by atoms with van der Waals surface area (Å²) < 4.78 is 18.2. The Kier molecular flexibility index (Phi) is 10.2. The number of carbonyl (C=O) groups excluding carboxylic acids is 3. The lowest BCUT2D eigenvalue weighted by molar-refractivity contribution is -0.186. The molecule has 0 bridgehead atoms. The lowest BCUT2D eigenvalue weighted by atomic mass is 9.71. The molecular formula is C28H36Cl2N2O6. The van der Waals surface area contributed by atoms with Crippen LogP contribution in [0.25, 0.3) is 0 Å². The molecule has 0 fully saturated rings. The molecule has 8 nitrogen and oxygen atoms in total. The SMILES string of the molecule is CCOC(=O)C(C(=O)OCC)(C(=O)OCC)C1CCCCc2nc(C(C)C)n(Cc3ccc(Cl)c(Cl)c3)c21. The van der Waals surface area contributed by atoms with Crippen LogP contribution in [0.15, 0.2) is 18.2 Å². The molecule has 0 amide bonds. The number of benzene rings is 1. The van der Waals surface area contributed by atoms with Crippen molar-refractivity contribution in [3.8, 4) is 0 Å². The number of nitrogens with zero attached hydrogens (tertiary/aromatic N) is 2. The van der Waals surface area contributed by atoms with E-state index in [1.165, 1.54) is 0 Å². The molecule has 0 spiro atoms. The Hall–Kier alpha value is -2.58. The van der Waals surface area contributed by atoms with E-state index in [-0.39, 0.29) is 25.7 Å². The first kappa shape index (κ1) is 30.0. The van der Waals surface area contributed by atoms with Gasteiger partial charge in [0.1, 0.15) is 5.82 Å². The first-order chi connectivity index (χ1) is 18.1. The van der Waals surface area contributed by atoms with Crippen molar-refractivity contribution in [1.29, 1.82) is 0 Å². The highest BCUT2D eigenvalue weighted by Crippen LogP contribution is 2.47. The maximum absolute atomic E-state index is 13.7. The van der Waals surface area contributed by atoms with E-state index in [4.69, 9.17) is 42.4 Å². The van der Waals surface area contributed by atoms with Gasteiger partial charge in [0.2, 0.25) is 0 Å². The lowest BCUT2D eigenvalue weighted by Gasteiger charge is -2.35. The van der Waals surface area contributed by atoms with Crippen molar-refractivity contribution in [2.24, 2.45) is 5.41 Å². The number of halogens is 2. The summed E-state index contributed by atoms with van der Waals surface area (Å²) in [6, 6.07) is 5.37. The summed E-state index contributed by atoms with van der Waals surface area (Å²) in [5.41, 5.74) is -0.0754. The Bertz CT molecular complexity index is 1130. The number of carbonyl (C=O) groups is 3. The number of ether oxygens (including phenoxy) is 3. The summed E-state index contributed by atoms with van der Waals surface area (Å²) in [4.78, 5) is 46.2. The van der Waals surface area contributed by atoms with Crippen LogP contribution >= 0.6 is 23.2 Å². The van der Waals surface area contributed by atoms with Gasteiger partial charge in [0, 0.05) is 24.1 Å². The molecule has 1 atom stereocenters. The van der Waals surface area contributed by atoms with Crippen LogP contribution in [0.2, 0.25) is 10.0 Å². The second-order valence-electron chi connectivity index (χ2n) is 9.56. The molecule has 208 valence electrons. The summed E-state index contributed by atoms with van der Waals surface area (Å²) in [6.45, 7) is 9.24. The average Bonchev–Trinajstić information content (AvgIpc) is 3.08. The van der Waals surface area contributed by atoms with Crippen molar-refractivity contribution >= 4 is 41.1 Å². The summed E-state index contributed by atoms with van der Waals surface area (Å²) in [6.07, 6.45) is 2.47. The molecular weight excluding hydrogens is 531 g/mol. The van der Waals surface area contributed by atoms with Gasteiger partial charge >= 0.3 is 17.9 Å². The van der Waals surface area contributed by atoms with Crippen molar-refractivity contribution in [1.82, 2.24) is 9.55 Å². The summed E-state index contributed by atoms with van der Waals surface area (Å²) in [5, 5.41) is 0.852. The van der Waals surface area contributed by atoms with E-state index in [0.29, 0.717) is 41.5 Å². The second kappa shape index (κ2) is 13.0. The Balaban J connectivity index is 2.34. The van der Waals surface area contributed by atoms with E-state index < -0.39 is 29.2 Å². The molecule has 1 unspecified atom stereocenters. The zero-order valence-electron chi connectivity index (χ0n) is 22.6. The Morgan fingerprint density at radius 1 is 0.974 bits per heavy atom. The molecule has 1 aromatic carbocycles. The maximum Gasteiger partial charge on any atom is 0.335 e. The molecule has 0 N–H and O–H groups in total. The zero-order valence-corrected chi connectivity index (χ0v) is 24.2. The second-order valence-corrected chi connectivity index (χ2v) is 10.4. The third-order valence-corrected chi connectivity index (χ3v) is 7.49. The van der Waals surface area contributed by atoms with E-state index in [1.807, 2.05) is 24.5 Å². The molecule has 0 radical (unpaired) electrons. The van der Waals surface area contributed by atoms with Crippen molar-refractivity contribution in [2.45, 2.75) is 78.7 Å². The van der Waals surface area contributed by atoms with Crippen molar-refractivity contribution in [3.63, 3.8) is 0 Å². The number of hydrogen-bond acceptors (Lipinski definition) is 7. The number of fused-ring (bicyclic) bond motifs is 1. The smallest absolute Gasteiger partial charge is 0.335 e. The van der Waals surface area contributed by atoms with E-state index in [0.717, 1.165) is 23.5 Å². The average molecular weight is 568 g/mol. The molecule has 1 aromatic heterocycles. The van der Waals surface area contributed by atoms with Crippen molar-refractivity contribution in [3.05, 3.63) is 51.0 Å². The molecule has 1 aliphatic carbocycles. The Morgan fingerprint density at radius 3 is 2.05 bits per heavy atom. The van der Waals surface area contributed by atoms with Gasteiger partial charge in [0.05, 0.1) is 35.6 Å². The zero-order chi connectivity index (χ0) is 28.0. The minimum Gasteiger partial charge on any atom is -0.465 e. The number of rotatable bonds is 10. The Morgan fingerprint density at radius 2 is 1.55 bits per heavy atom. The van der Waals surface area contributed by atoms with Crippen molar-refractivity contribution in [2.75, 3.05) is 19.8 Å². The molecule has 38 heavy (non-hydrogen) atoms. The minimum absolute atomic E-state index is 0.0151. The molecule has 1 heterocycles. The van der Waals surface area contributed by atoms with Crippen molar-refractivity contribution < 1.29 is 28.6 Å². The molecule has 10 heteroatoms. The van der Waals surface area contributed by atoms with E-state index in [9.17, 15) is 14.4 Å². The van der Waals surface area contributed by atoms with Gasteiger partial charge in [0.15, 0.2) is 0 Å². The highest BCUT2D eigenvalue weighted by Gasteiger charge is 2.64. The maximum atomic E-state index is 13.7. The van der Waals surface area contributed by atoms with Gasteiger partial charge in [-0.05, 0) is 57.7 Å². The first-order valence-electron chi connectivity index (χ1n) is 13.2. The Labute approximate surface area is 233 Å². The van der Waals surface area contributed by atoms with Gasteiger partial charge in [-0.25, -0.2) is 4.98 Å². The van der Waals surface area contributed by atoms with Gasteiger partial charge in [-0.2, -0.15) is 0 Å². The predicted octanol–water partition coefficient (Wildman–Crippen LogP) is 5.85. The predicted molar refractivity (Wildman–Crippen MR) is 145 cm³/mol. The number of esters is 3. The molecule has 3 rings (SSSR count). The van der Waals surface area contributed by atoms with Crippen LogP contribution in [0, 0.1) is 5.41 Å². The van der Waals surface area contributed by atoms with Crippen LogP contribution in [-0.4, -0.2) is 47.3 Å². The van der Waals surface area contributed by atoms with Gasteiger partial charge in [-0.1, -0.05) is 49.5 Å². The van der Waals surface area contributed by atoms with Crippen LogP contribution in [-0.2, 0) is 41.6 Å². The highest BCUT2D eigenvalue weighted by molar-refractivity contribution is 6.42. The molecule has 0 saturated heterocycles.